The van der Waals surface area contributed by atoms with E-state index in [2.05, 4.69) is 10.3 Å². The summed E-state index contributed by atoms with van der Waals surface area (Å²) in [6.07, 6.45) is 0. The van der Waals surface area contributed by atoms with Gasteiger partial charge in [0.1, 0.15) is 0 Å². The summed E-state index contributed by atoms with van der Waals surface area (Å²) in [5.74, 6) is 0.337. The molecule has 88 valence electrons. The summed E-state index contributed by atoms with van der Waals surface area (Å²) >= 11 is 0. The number of rotatable bonds is 3. The van der Waals surface area contributed by atoms with E-state index in [9.17, 15) is 10.1 Å². The predicted octanol–water partition coefficient (Wildman–Crippen LogP) is 1.13. The van der Waals surface area contributed by atoms with Crippen LogP contribution in [0.2, 0.25) is 0 Å². The first-order chi connectivity index (χ1) is 8.09. The van der Waals surface area contributed by atoms with Crippen LogP contribution in [0.5, 0.6) is 0 Å². The van der Waals surface area contributed by atoms with E-state index in [4.69, 9.17) is 5.73 Å². The number of aromatic nitrogens is 3. The van der Waals surface area contributed by atoms with Crippen molar-refractivity contribution in [3.63, 3.8) is 0 Å². The average molecular weight is 233 g/mol. The quantitative estimate of drug-likeness (QED) is 0.632. The third kappa shape index (κ3) is 2.07. The molecule has 1 heterocycles. The van der Waals surface area contributed by atoms with Crippen molar-refractivity contribution in [2.45, 2.75) is 13.5 Å². The second-order valence-electron chi connectivity index (χ2n) is 3.60. The molecule has 0 spiro atoms. The number of nitrogens with zero attached hydrogens (tertiary/aromatic N) is 4. The highest BCUT2D eigenvalue weighted by Gasteiger charge is 2.14. The lowest BCUT2D eigenvalue weighted by Crippen LogP contribution is -2.06. The number of nitro groups is 1. The van der Waals surface area contributed by atoms with Crippen LogP contribution in [0.1, 0.15) is 11.3 Å². The minimum atomic E-state index is -0.412. The number of para-hydroxylation sites is 1. The van der Waals surface area contributed by atoms with E-state index in [1.165, 1.54) is 10.7 Å². The number of hydrogen-bond donors (Lipinski definition) is 1. The van der Waals surface area contributed by atoms with Gasteiger partial charge in [0, 0.05) is 6.07 Å². The summed E-state index contributed by atoms with van der Waals surface area (Å²) < 4.78 is 1.54. The van der Waals surface area contributed by atoms with Crippen LogP contribution in [0.4, 0.5) is 11.5 Å². The summed E-state index contributed by atoms with van der Waals surface area (Å²) in [6.45, 7) is 2.05. The minimum absolute atomic E-state index is 0.0703. The van der Waals surface area contributed by atoms with E-state index >= 15 is 0 Å². The van der Waals surface area contributed by atoms with Crippen molar-refractivity contribution in [2.75, 3.05) is 5.73 Å². The number of nitro benzene ring substituents is 1. The summed E-state index contributed by atoms with van der Waals surface area (Å²) in [6, 6.07) is 6.53. The second kappa shape index (κ2) is 4.20. The number of anilines is 1. The molecular formula is C10H11N5O2. The van der Waals surface area contributed by atoms with Gasteiger partial charge >= 0.3 is 0 Å². The number of hydrogen-bond acceptors (Lipinski definition) is 5. The maximum Gasteiger partial charge on any atom is 0.274 e. The Morgan fingerprint density at radius 1 is 1.47 bits per heavy atom. The molecule has 2 aromatic rings. The summed E-state index contributed by atoms with van der Waals surface area (Å²) in [4.78, 5) is 10.4. The van der Waals surface area contributed by atoms with Gasteiger partial charge in [-0.1, -0.05) is 23.4 Å². The molecule has 0 saturated carbocycles. The van der Waals surface area contributed by atoms with Crippen molar-refractivity contribution in [1.29, 1.82) is 0 Å². The van der Waals surface area contributed by atoms with Gasteiger partial charge in [-0.05, 0) is 6.92 Å². The highest BCUT2D eigenvalue weighted by molar-refractivity contribution is 5.40. The van der Waals surface area contributed by atoms with Gasteiger partial charge in [0.25, 0.3) is 5.69 Å². The maximum absolute atomic E-state index is 10.8. The van der Waals surface area contributed by atoms with E-state index < -0.39 is 4.92 Å². The molecule has 17 heavy (non-hydrogen) atoms. The normalized spacial score (nSPS) is 10.4. The molecule has 0 bridgehead atoms. The Hall–Kier alpha value is -2.44. The molecule has 1 aromatic heterocycles. The zero-order valence-corrected chi connectivity index (χ0v) is 9.20. The molecule has 0 amide bonds. The lowest BCUT2D eigenvalue weighted by molar-refractivity contribution is -0.385. The Bertz CT molecular complexity index is 564. The van der Waals surface area contributed by atoms with E-state index in [-0.39, 0.29) is 12.2 Å². The van der Waals surface area contributed by atoms with Gasteiger partial charge < -0.3 is 5.73 Å². The molecule has 7 nitrogen and oxygen atoms in total. The van der Waals surface area contributed by atoms with Crippen molar-refractivity contribution in [1.82, 2.24) is 15.0 Å². The van der Waals surface area contributed by atoms with Crippen LogP contribution in [0, 0.1) is 17.0 Å². The van der Waals surface area contributed by atoms with Gasteiger partial charge in [-0.3, -0.25) is 10.1 Å². The largest absolute Gasteiger partial charge is 0.381 e. The molecule has 0 atom stereocenters. The molecular weight excluding hydrogens is 222 g/mol. The molecule has 1 aromatic carbocycles. The third-order valence-electron chi connectivity index (χ3n) is 2.53. The summed E-state index contributed by atoms with van der Waals surface area (Å²) in [5, 5.41) is 18.4. The molecule has 0 aliphatic heterocycles. The van der Waals surface area contributed by atoms with Crippen LogP contribution in [-0.4, -0.2) is 19.9 Å². The highest BCUT2D eigenvalue weighted by Crippen LogP contribution is 2.19. The summed E-state index contributed by atoms with van der Waals surface area (Å²) in [5.41, 5.74) is 6.91. The van der Waals surface area contributed by atoms with Gasteiger partial charge in [-0.25, -0.2) is 4.68 Å². The Kier molecular flexibility index (Phi) is 2.73. The molecule has 2 rings (SSSR count). The number of benzene rings is 1. The van der Waals surface area contributed by atoms with E-state index in [1.807, 2.05) is 0 Å². The number of nitrogen functional groups attached to an aromatic ring is 1. The van der Waals surface area contributed by atoms with E-state index in [0.29, 0.717) is 17.1 Å². The molecule has 0 aliphatic carbocycles. The molecule has 0 saturated heterocycles. The van der Waals surface area contributed by atoms with Crippen molar-refractivity contribution >= 4 is 11.5 Å². The zero-order valence-electron chi connectivity index (χ0n) is 9.20. The molecule has 0 unspecified atom stereocenters. The van der Waals surface area contributed by atoms with Crippen molar-refractivity contribution in [3.8, 4) is 0 Å². The first kappa shape index (κ1) is 11.1. The Morgan fingerprint density at radius 2 is 2.18 bits per heavy atom. The monoisotopic (exact) mass is 233 g/mol. The fourth-order valence-electron chi connectivity index (χ4n) is 1.51. The molecule has 0 aliphatic rings. The van der Waals surface area contributed by atoms with Crippen molar-refractivity contribution in [3.05, 3.63) is 45.6 Å². The van der Waals surface area contributed by atoms with Crippen molar-refractivity contribution in [2.24, 2.45) is 0 Å². The van der Waals surface area contributed by atoms with E-state index in [1.54, 1.807) is 25.1 Å². The fraction of sp³-hybridized carbons (Fsp3) is 0.200. The molecule has 0 radical (unpaired) electrons. The average Bonchev–Trinajstić information content (AvgIpc) is 2.61. The van der Waals surface area contributed by atoms with Crippen LogP contribution < -0.4 is 5.73 Å². The lowest BCUT2D eigenvalue weighted by atomic mass is 10.2. The lowest BCUT2D eigenvalue weighted by Gasteiger charge is -2.04. The smallest absolute Gasteiger partial charge is 0.274 e. The van der Waals surface area contributed by atoms with Gasteiger partial charge in [0.05, 0.1) is 22.7 Å². The van der Waals surface area contributed by atoms with E-state index in [0.717, 1.165) is 0 Å². The van der Waals surface area contributed by atoms with Crippen LogP contribution in [0.15, 0.2) is 24.3 Å². The zero-order chi connectivity index (χ0) is 12.4. The standard InChI is InChI=1S/C10H11N5O2/c1-7-10(11)12-13-14(7)6-8-4-2-3-5-9(8)15(16)17/h2-5H,6,11H2,1H3. The first-order valence-corrected chi connectivity index (χ1v) is 4.97. The molecule has 0 fully saturated rings. The Labute approximate surface area is 97.0 Å². The SMILES string of the molecule is Cc1c(N)nnn1Cc1ccccc1[N+](=O)[O-]. The summed E-state index contributed by atoms with van der Waals surface area (Å²) in [7, 11) is 0. The first-order valence-electron chi connectivity index (χ1n) is 4.97. The van der Waals surface area contributed by atoms with Crippen LogP contribution in [-0.2, 0) is 6.54 Å². The minimum Gasteiger partial charge on any atom is -0.381 e. The van der Waals surface area contributed by atoms with Crippen LogP contribution >= 0.6 is 0 Å². The van der Waals surface area contributed by atoms with Crippen LogP contribution in [0.25, 0.3) is 0 Å². The topological polar surface area (TPSA) is 99.9 Å². The second-order valence-corrected chi connectivity index (χ2v) is 3.60. The van der Waals surface area contributed by atoms with Gasteiger partial charge in [0.15, 0.2) is 5.82 Å². The van der Waals surface area contributed by atoms with Crippen molar-refractivity contribution < 1.29 is 4.92 Å². The fourth-order valence-corrected chi connectivity index (χ4v) is 1.51. The number of nitrogens with two attached hydrogens (primary N) is 1. The molecule has 7 heteroatoms. The third-order valence-corrected chi connectivity index (χ3v) is 2.53. The van der Waals surface area contributed by atoms with Gasteiger partial charge in [0.2, 0.25) is 0 Å². The predicted molar refractivity (Wildman–Crippen MR) is 61.4 cm³/mol. The Balaban J connectivity index is 2.36. The van der Waals surface area contributed by atoms with Gasteiger partial charge in [-0.2, -0.15) is 0 Å². The highest BCUT2D eigenvalue weighted by atomic mass is 16.6. The maximum atomic E-state index is 10.8. The molecule has 2 N–H and O–H groups in total. The van der Waals surface area contributed by atoms with Crippen LogP contribution in [0.3, 0.4) is 0 Å². The Morgan fingerprint density at radius 3 is 2.76 bits per heavy atom. The van der Waals surface area contributed by atoms with Gasteiger partial charge in [-0.15, -0.1) is 5.10 Å².